The molecule has 2 aromatic rings. The molecule has 0 aliphatic heterocycles. The van der Waals surface area contributed by atoms with Gasteiger partial charge in [0.15, 0.2) is 12.3 Å². The standard InChI is InChI=1S/C21H30F2N4O4/c1-13(24-14(2)28)11-29-15-5-7-16(8-6-15)31-18-10-9-17-19(26-18)27(4)20(25-17)30-12-21(3,22)23/h9-10,13,15-16H,5-8,11-12H2,1-4H3,(H,24,28)/t13-,15?,16?/m0/s1. The van der Waals surface area contributed by atoms with Crippen LogP contribution in [0.15, 0.2) is 12.1 Å². The van der Waals surface area contributed by atoms with Gasteiger partial charge in [-0.3, -0.25) is 9.36 Å². The topological polar surface area (TPSA) is 87.5 Å². The lowest BCUT2D eigenvalue weighted by Crippen LogP contribution is -2.36. The minimum atomic E-state index is -2.94. The van der Waals surface area contributed by atoms with Crippen LogP contribution in [0.4, 0.5) is 8.78 Å². The van der Waals surface area contributed by atoms with Crippen LogP contribution in [0, 0.1) is 0 Å². The van der Waals surface area contributed by atoms with Crippen molar-refractivity contribution in [3.05, 3.63) is 12.1 Å². The zero-order valence-corrected chi connectivity index (χ0v) is 18.4. The third-order valence-electron chi connectivity index (χ3n) is 5.04. The van der Waals surface area contributed by atoms with Crippen molar-refractivity contribution in [2.75, 3.05) is 13.2 Å². The van der Waals surface area contributed by atoms with Crippen LogP contribution in [-0.2, 0) is 16.6 Å². The third-order valence-corrected chi connectivity index (χ3v) is 5.04. The molecule has 1 amide bonds. The Morgan fingerprint density at radius 1 is 1.26 bits per heavy atom. The van der Waals surface area contributed by atoms with Crippen LogP contribution in [0.3, 0.4) is 0 Å². The summed E-state index contributed by atoms with van der Waals surface area (Å²) in [6.07, 6.45) is 3.60. The SMILES string of the molecule is CC(=O)N[C@@H](C)COC1CCC(Oc2ccc3nc(OCC(C)(F)F)n(C)c3n2)CC1. The van der Waals surface area contributed by atoms with Crippen molar-refractivity contribution in [1.82, 2.24) is 19.9 Å². The van der Waals surface area contributed by atoms with E-state index < -0.39 is 12.5 Å². The van der Waals surface area contributed by atoms with Gasteiger partial charge in [0.2, 0.25) is 11.8 Å². The highest BCUT2D eigenvalue weighted by molar-refractivity contribution is 5.73. The molecule has 2 heterocycles. The average Bonchev–Trinajstić information content (AvgIpc) is 3.00. The molecule has 1 saturated carbocycles. The first kappa shape index (κ1) is 23.2. The van der Waals surface area contributed by atoms with E-state index in [0.717, 1.165) is 32.6 Å². The van der Waals surface area contributed by atoms with Gasteiger partial charge in [-0.1, -0.05) is 0 Å². The maximum absolute atomic E-state index is 13.1. The number of carbonyl (C=O) groups excluding carboxylic acids is 1. The van der Waals surface area contributed by atoms with Crippen LogP contribution in [0.5, 0.6) is 11.9 Å². The summed E-state index contributed by atoms with van der Waals surface area (Å²) in [5.74, 6) is -2.54. The Bertz CT molecular complexity index is 891. The molecule has 0 radical (unpaired) electrons. The minimum absolute atomic E-state index is 0.0151. The fraction of sp³-hybridized carbons (Fsp3) is 0.667. The van der Waals surface area contributed by atoms with Gasteiger partial charge < -0.3 is 19.5 Å². The van der Waals surface area contributed by atoms with E-state index in [-0.39, 0.29) is 30.2 Å². The van der Waals surface area contributed by atoms with Crippen molar-refractivity contribution in [1.29, 1.82) is 0 Å². The number of nitrogens with zero attached hydrogens (tertiary/aromatic N) is 3. The van der Waals surface area contributed by atoms with Gasteiger partial charge in [-0.25, -0.2) is 8.78 Å². The molecule has 0 bridgehead atoms. The molecule has 1 N–H and O–H groups in total. The summed E-state index contributed by atoms with van der Waals surface area (Å²) in [4.78, 5) is 19.8. The Labute approximate surface area is 180 Å². The molecule has 10 heteroatoms. The second-order valence-electron chi connectivity index (χ2n) is 8.26. The van der Waals surface area contributed by atoms with Crippen molar-refractivity contribution < 1.29 is 27.8 Å². The molecular formula is C21H30F2N4O4. The first-order chi connectivity index (χ1) is 14.6. The smallest absolute Gasteiger partial charge is 0.298 e. The molecular weight excluding hydrogens is 410 g/mol. The summed E-state index contributed by atoms with van der Waals surface area (Å²) in [6, 6.07) is 3.55. The Morgan fingerprint density at radius 2 is 1.94 bits per heavy atom. The molecule has 31 heavy (non-hydrogen) atoms. The second kappa shape index (κ2) is 9.76. The molecule has 1 fully saturated rings. The Balaban J connectivity index is 1.52. The molecule has 1 aliphatic carbocycles. The summed E-state index contributed by atoms with van der Waals surface area (Å²) < 4.78 is 44.7. The van der Waals surface area contributed by atoms with Crippen LogP contribution in [-0.4, -0.2) is 57.8 Å². The highest BCUT2D eigenvalue weighted by atomic mass is 19.3. The normalized spacial score (nSPS) is 20.5. The maximum atomic E-state index is 13.1. The Kier molecular flexibility index (Phi) is 7.30. The molecule has 1 aliphatic rings. The number of aromatic nitrogens is 3. The van der Waals surface area contributed by atoms with Crippen molar-refractivity contribution >= 4 is 17.1 Å². The molecule has 0 aromatic carbocycles. The molecule has 1 atom stereocenters. The van der Waals surface area contributed by atoms with Crippen LogP contribution in [0.25, 0.3) is 11.2 Å². The number of hydrogen-bond acceptors (Lipinski definition) is 6. The maximum Gasteiger partial charge on any atom is 0.298 e. The number of rotatable bonds is 9. The lowest BCUT2D eigenvalue weighted by molar-refractivity contribution is -0.120. The summed E-state index contributed by atoms with van der Waals surface area (Å²) >= 11 is 0. The van der Waals surface area contributed by atoms with Crippen molar-refractivity contribution in [3.8, 4) is 11.9 Å². The number of hydrogen-bond donors (Lipinski definition) is 1. The van der Waals surface area contributed by atoms with E-state index in [0.29, 0.717) is 23.7 Å². The van der Waals surface area contributed by atoms with Gasteiger partial charge in [0, 0.05) is 33.0 Å². The van der Waals surface area contributed by atoms with Crippen LogP contribution in [0.1, 0.15) is 46.5 Å². The van der Waals surface area contributed by atoms with Crippen molar-refractivity contribution in [2.24, 2.45) is 7.05 Å². The van der Waals surface area contributed by atoms with Gasteiger partial charge in [-0.2, -0.15) is 9.97 Å². The fourth-order valence-corrected chi connectivity index (χ4v) is 3.57. The molecule has 172 valence electrons. The molecule has 0 unspecified atom stereocenters. The average molecular weight is 440 g/mol. The predicted molar refractivity (Wildman–Crippen MR) is 111 cm³/mol. The molecule has 0 spiro atoms. The highest BCUT2D eigenvalue weighted by Gasteiger charge is 2.25. The van der Waals surface area contributed by atoms with Gasteiger partial charge in [0.25, 0.3) is 11.9 Å². The summed E-state index contributed by atoms with van der Waals surface area (Å²) in [7, 11) is 1.67. The number of carbonyl (C=O) groups is 1. The number of imidazole rings is 1. The van der Waals surface area contributed by atoms with E-state index in [1.807, 2.05) is 6.92 Å². The van der Waals surface area contributed by atoms with E-state index >= 15 is 0 Å². The molecule has 2 aromatic heterocycles. The van der Waals surface area contributed by atoms with Crippen molar-refractivity contribution in [2.45, 2.75) is 70.6 Å². The predicted octanol–water partition coefficient (Wildman–Crippen LogP) is 3.23. The van der Waals surface area contributed by atoms with E-state index in [4.69, 9.17) is 14.2 Å². The summed E-state index contributed by atoms with van der Waals surface area (Å²) in [6.45, 7) is 3.95. The lowest BCUT2D eigenvalue weighted by Gasteiger charge is -2.29. The van der Waals surface area contributed by atoms with Gasteiger partial charge in [0.1, 0.15) is 11.6 Å². The summed E-state index contributed by atoms with van der Waals surface area (Å²) in [5, 5.41) is 2.81. The third kappa shape index (κ3) is 6.75. The number of alkyl halides is 2. The number of aryl methyl sites for hydroxylation is 1. The highest BCUT2D eigenvalue weighted by Crippen LogP contribution is 2.27. The zero-order chi connectivity index (χ0) is 22.6. The number of halogens is 2. The molecule has 3 rings (SSSR count). The number of ether oxygens (including phenoxy) is 3. The van der Waals surface area contributed by atoms with Crippen molar-refractivity contribution in [3.63, 3.8) is 0 Å². The van der Waals surface area contributed by atoms with Gasteiger partial charge >= 0.3 is 0 Å². The number of pyridine rings is 1. The van der Waals surface area contributed by atoms with E-state index in [1.54, 1.807) is 19.2 Å². The summed E-state index contributed by atoms with van der Waals surface area (Å²) in [5.41, 5.74) is 1.06. The fourth-order valence-electron chi connectivity index (χ4n) is 3.57. The molecule has 8 nitrogen and oxygen atoms in total. The number of amides is 1. The Hall–Kier alpha value is -2.49. The van der Waals surface area contributed by atoms with Crippen LogP contribution < -0.4 is 14.8 Å². The van der Waals surface area contributed by atoms with E-state index in [2.05, 4.69) is 15.3 Å². The monoisotopic (exact) mass is 440 g/mol. The van der Waals surface area contributed by atoms with Gasteiger partial charge in [-0.05, 0) is 38.7 Å². The first-order valence-corrected chi connectivity index (χ1v) is 10.5. The Morgan fingerprint density at radius 3 is 2.58 bits per heavy atom. The first-order valence-electron chi connectivity index (χ1n) is 10.5. The molecule has 0 saturated heterocycles. The van der Waals surface area contributed by atoms with Gasteiger partial charge in [-0.15, -0.1) is 0 Å². The zero-order valence-electron chi connectivity index (χ0n) is 18.4. The van der Waals surface area contributed by atoms with E-state index in [9.17, 15) is 13.6 Å². The number of fused-ring (bicyclic) bond motifs is 1. The minimum Gasteiger partial charge on any atom is -0.474 e. The van der Waals surface area contributed by atoms with Crippen LogP contribution in [0.2, 0.25) is 0 Å². The second-order valence-corrected chi connectivity index (χ2v) is 8.26. The van der Waals surface area contributed by atoms with Crippen LogP contribution >= 0.6 is 0 Å². The lowest BCUT2D eigenvalue weighted by atomic mass is 9.95. The van der Waals surface area contributed by atoms with E-state index in [1.165, 1.54) is 11.5 Å². The number of nitrogens with one attached hydrogen (secondary N) is 1. The van der Waals surface area contributed by atoms with Gasteiger partial charge in [0.05, 0.1) is 12.7 Å². The largest absolute Gasteiger partial charge is 0.474 e. The quantitative estimate of drug-likeness (QED) is 0.644.